The van der Waals surface area contributed by atoms with E-state index in [4.69, 9.17) is 0 Å². The normalized spacial score (nSPS) is 22.2. The number of piperazine rings is 1. The number of carbonyl (C=O) groups excluding carboxylic acids is 2. The fraction of sp³-hybridized carbons (Fsp3) is 0.833. The zero-order valence-electron chi connectivity index (χ0n) is 10.7. The topological polar surface area (TPSA) is 49.4 Å². The molecule has 1 heterocycles. The highest BCUT2D eigenvalue weighted by Gasteiger charge is 2.33. The predicted molar refractivity (Wildman–Crippen MR) is 62.9 cm³/mol. The van der Waals surface area contributed by atoms with Crippen LogP contribution in [0.15, 0.2) is 0 Å². The maximum atomic E-state index is 12.0. The van der Waals surface area contributed by atoms with Gasteiger partial charge >= 0.3 is 0 Å². The van der Waals surface area contributed by atoms with E-state index in [-0.39, 0.29) is 29.8 Å². The molecular weight excluding hydrogens is 204 g/mol. The molecule has 1 N–H and O–H groups in total. The van der Waals surface area contributed by atoms with Crippen LogP contribution in [-0.2, 0) is 9.59 Å². The van der Waals surface area contributed by atoms with Gasteiger partial charge in [0.05, 0.1) is 6.54 Å². The van der Waals surface area contributed by atoms with Crippen molar-refractivity contribution in [3.63, 3.8) is 0 Å². The fourth-order valence-corrected chi connectivity index (χ4v) is 1.96. The average Bonchev–Trinajstić information content (AvgIpc) is 2.11. The molecule has 4 nitrogen and oxygen atoms in total. The second-order valence-electron chi connectivity index (χ2n) is 5.66. The highest BCUT2D eigenvalue weighted by atomic mass is 16.2. The third kappa shape index (κ3) is 3.51. The summed E-state index contributed by atoms with van der Waals surface area (Å²) >= 11 is 0. The standard InChI is InChI=1S/C12H22N2O2/c1-5-6-9-11(16)14(7-10(15)13-9)8-12(2,3)4/h9H,5-8H2,1-4H3,(H,13,15). The van der Waals surface area contributed by atoms with E-state index in [1.165, 1.54) is 0 Å². The van der Waals surface area contributed by atoms with Crippen molar-refractivity contribution < 1.29 is 9.59 Å². The highest BCUT2D eigenvalue weighted by Crippen LogP contribution is 2.18. The first-order chi connectivity index (χ1) is 7.33. The van der Waals surface area contributed by atoms with Gasteiger partial charge in [0.15, 0.2) is 0 Å². The van der Waals surface area contributed by atoms with Crippen molar-refractivity contribution in [2.24, 2.45) is 5.41 Å². The zero-order valence-corrected chi connectivity index (χ0v) is 10.7. The lowest BCUT2D eigenvalue weighted by molar-refractivity contribution is -0.145. The summed E-state index contributed by atoms with van der Waals surface area (Å²) in [5, 5.41) is 2.75. The molecule has 4 heteroatoms. The Balaban J connectivity index is 2.69. The van der Waals surface area contributed by atoms with Crippen molar-refractivity contribution in [1.29, 1.82) is 0 Å². The van der Waals surface area contributed by atoms with Gasteiger partial charge in [-0.3, -0.25) is 9.59 Å². The van der Waals surface area contributed by atoms with E-state index in [1.54, 1.807) is 4.90 Å². The second-order valence-corrected chi connectivity index (χ2v) is 5.66. The van der Waals surface area contributed by atoms with Gasteiger partial charge in [0, 0.05) is 6.54 Å². The minimum Gasteiger partial charge on any atom is -0.343 e. The van der Waals surface area contributed by atoms with Crippen LogP contribution in [0.3, 0.4) is 0 Å². The van der Waals surface area contributed by atoms with E-state index in [9.17, 15) is 9.59 Å². The highest BCUT2D eigenvalue weighted by molar-refractivity contribution is 5.94. The lowest BCUT2D eigenvalue weighted by Gasteiger charge is -2.36. The molecule has 0 aliphatic carbocycles. The number of hydrogen-bond donors (Lipinski definition) is 1. The third-order valence-corrected chi connectivity index (χ3v) is 2.52. The summed E-state index contributed by atoms with van der Waals surface area (Å²) in [7, 11) is 0. The lowest BCUT2D eigenvalue weighted by atomic mass is 9.95. The second kappa shape index (κ2) is 4.85. The molecule has 1 unspecified atom stereocenters. The smallest absolute Gasteiger partial charge is 0.245 e. The monoisotopic (exact) mass is 226 g/mol. The zero-order chi connectivity index (χ0) is 12.3. The van der Waals surface area contributed by atoms with Crippen LogP contribution in [0.4, 0.5) is 0 Å². The number of hydrogen-bond acceptors (Lipinski definition) is 2. The quantitative estimate of drug-likeness (QED) is 0.785. The van der Waals surface area contributed by atoms with Gasteiger partial charge in [-0.05, 0) is 11.8 Å². The van der Waals surface area contributed by atoms with Crippen molar-refractivity contribution in [2.75, 3.05) is 13.1 Å². The fourth-order valence-electron chi connectivity index (χ4n) is 1.96. The molecule has 0 bridgehead atoms. The van der Waals surface area contributed by atoms with Crippen LogP contribution in [0.5, 0.6) is 0 Å². The number of rotatable bonds is 3. The third-order valence-electron chi connectivity index (χ3n) is 2.52. The van der Waals surface area contributed by atoms with E-state index in [1.807, 2.05) is 6.92 Å². The summed E-state index contributed by atoms with van der Waals surface area (Å²) < 4.78 is 0. The summed E-state index contributed by atoms with van der Waals surface area (Å²) in [6, 6.07) is -0.311. The van der Waals surface area contributed by atoms with Crippen LogP contribution in [0, 0.1) is 5.41 Å². The van der Waals surface area contributed by atoms with Gasteiger partial charge in [-0.25, -0.2) is 0 Å². The Morgan fingerprint density at radius 2 is 2.00 bits per heavy atom. The van der Waals surface area contributed by atoms with Crippen molar-refractivity contribution in [1.82, 2.24) is 10.2 Å². The Bertz CT molecular complexity index is 281. The van der Waals surface area contributed by atoms with Crippen molar-refractivity contribution in [2.45, 2.75) is 46.6 Å². The molecule has 0 spiro atoms. The maximum Gasteiger partial charge on any atom is 0.245 e. The van der Waals surface area contributed by atoms with Crippen LogP contribution in [0.25, 0.3) is 0 Å². The first-order valence-electron chi connectivity index (χ1n) is 5.91. The van der Waals surface area contributed by atoms with Crippen molar-refractivity contribution in [3.8, 4) is 0 Å². The van der Waals surface area contributed by atoms with E-state index >= 15 is 0 Å². The van der Waals surface area contributed by atoms with E-state index in [2.05, 4.69) is 26.1 Å². The lowest BCUT2D eigenvalue weighted by Crippen LogP contribution is -2.59. The maximum absolute atomic E-state index is 12.0. The van der Waals surface area contributed by atoms with Crippen LogP contribution < -0.4 is 5.32 Å². The minimum absolute atomic E-state index is 0.0318. The molecule has 92 valence electrons. The van der Waals surface area contributed by atoms with Gasteiger partial charge in [0.2, 0.25) is 11.8 Å². The summed E-state index contributed by atoms with van der Waals surface area (Å²) in [5.74, 6) is 0.0266. The molecule has 2 amide bonds. The van der Waals surface area contributed by atoms with Gasteiger partial charge in [0.1, 0.15) is 6.04 Å². The molecule has 1 saturated heterocycles. The Morgan fingerprint density at radius 1 is 1.38 bits per heavy atom. The molecule has 0 aromatic rings. The van der Waals surface area contributed by atoms with Crippen LogP contribution in [0.2, 0.25) is 0 Å². The minimum atomic E-state index is -0.311. The number of carbonyl (C=O) groups is 2. The number of nitrogens with one attached hydrogen (secondary N) is 1. The largest absolute Gasteiger partial charge is 0.343 e. The molecule has 1 aliphatic heterocycles. The van der Waals surface area contributed by atoms with Gasteiger partial charge in [0.25, 0.3) is 0 Å². The van der Waals surface area contributed by atoms with Gasteiger partial charge in [-0.2, -0.15) is 0 Å². The number of nitrogens with zero attached hydrogens (tertiary/aromatic N) is 1. The van der Waals surface area contributed by atoms with Crippen molar-refractivity contribution >= 4 is 11.8 Å². The summed E-state index contributed by atoms with van der Waals surface area (Å²) in [6.45, 7) is 9.07. The molecule has 0 radical (unpaired) electrons. The Morgan fingerprint density at radius 3 is 2.50 bits per heavy atom. The molecule has 16 heavy (non-hydrogen) atoms. The molecule has 1 atom stereocenters. The molecular formula is C12H22N2O2. The molecule has 1 rings (SSSR count). The summed E-state index contributed by atoms with van der Waals surface area (Å²) in [5.41, 5.74) is 0.0318. The summed E-state index contributed by atoms with van der Waals surface area (Å²) in [6.07, 6.45) is 1.63. The Labute approximate surface area is 97.4 Å². The molecule has 0 aromatic carbocycles. The van der Waals surface area contributed by atoms with Crippen LogP contribution in [0.1, 0.15) is 40.5 Å². The predicted octanol–water partition coefficient (Wildman–Crippen LogP) is 1.16. The molecule has 1 aliphatic rings. The Hall–Kier alpha value is -1.06. The first-order valence-corrected chi connectivity index (χ1v) is 5.91. The van der Waals surface area contributed by atoms with Crippen LogP contribution in [-0.4, -0.2) is 35.8 Å². The number of amides is 2. The van der Waals surface area contributed by atoms with Gasteiger partial charge < -0.3 is 10.2 Å². The SMILES string of the molecule is CCCC1NC(=O)CN(CC(C)(C)C)C1=O. The van der Waals surface area contributed by atoms with Crippen molar-refractivity contribution in [3.05, 3.63) is 0 Å². The summed E-state index contributed by atoms with van der Waals surface area (Å²) in [4.78, 5) is 25.2. The molecule has 1 fully saturated rings. The average molecular weight is 226 g/mol. The van der Waals surface area contributed by atoms with Gasteiger partial charge in [-0.15, -0.1) is 0 Å². The van der Waals surface area contributed by atoms with E-state index in [0.29, 0.717) is 6.54 Å². The van der Waals surface area contributed by atoms with E-state index < -0.39 is 0 Å². The first kappa shape index (κ1) is 13.0. The van der Waals surface area contributed by atoms with E-state index in [0.717, 1.165) is 12.8 Å². The Kier molecular flexibility index (Phi) is 3.94. The van der Waals surface area contributed by atoms with Crippen LogP contribution >= 0.6 is 0 Å². The van der Waals surface area contributed by atoms with Gasteiger partial charge in [-0.1, -0.05) is 34.1 Å². The molecule has 0 saturated carbocycles. The molecule has 0 aromatic heterocycles.